The number of hydrogen-bond donors (Lipinski definition) is 0. The van der Waals surface area contributed by atoms with Crippen molar-refractivity contribution in [1.82, 2.24) is 4.90 Å². The molecule has 0 N–H and O–H groups in total. The van der Waals surface area contributed by atoms with Crippen LogP contribution >= 0.6 is 0 Å². The molecule has 0 aromatic heterocycles. The van der Waals surface area contributed by atoms with E-state index in [9.17, 15) is 4.79 Å². The largest absolute Gasteiger partial charge is 0.383 e. The molecule has 0 bridgehead atoms. The Labute approximate surface area is 85.5 Å². The van der Waals surface area contributed by atoms with Crippen LogP contribution in [-0.2, 0) is 0 Å². The minimum atomic E-state index is -0.610. The Morgan fingerprint density at radius 3 is 2.54 bits per heavy atom. The number of carbonyl (C=O) groups is 1. The Balaban J connectivity index is 3.38. The van der Waals surface area contributed by atoms with Crippen LogP contribution in [0.3, 0.4) is 0 Å². The lowest BCUT2D eigenvalue weighted by Gasteiger charge is -2.02. The minimum absolute atomic E-state index is 0.306. The maximum atomic E-state index is 11.8. The topological polar surface area (TPSA) is 20.3 Å². The van der Waals surface area contributed by atoms with E-state index in [-0.39, 0.29) is 5.56 Å². The van der Waals surface area contributed by atoms with E-state index in [4.69, 9.17) is 6.85 Å². The highest BCUT2D eigenvalue weighted by atomic mass is 16.1. The van der Waals surface area contributed by atoms with E-state index < -0.39 is 36.0 Å². The molecule has 1 rings (SSSR count). The van der Waals surface area contributed by atoms with Crippen LogP contribution in [0.15, 0.2) is 42.5 Å². The van der Waals surface area contributed by atoms with Crippen LogP contribution in [-0.4, -0.2) is 24.8 Å². The molecule has 0 atom stereocenters. The zero-order valence-corrected chi connectivity index (χ0v) is 7.51. The van der Waals surface area contributed by atoms with Crippen LogP contribution in [0.4, 0.5) is 0 Å². The van der Waals surface area contributed by atoms with Gasteiger partial charge in [-0.3, -0.25) is 4.79 Å². The van der Waals surface area contributed by atoms with Crippen LogP contribution in [0.2, 0.25) is 0 Å². The van der Waals surface area contributed by atoms with Crippen molar-refractivity contribution in [2.24, 2.45) is 0 Å². The van der Waals surface area contributed by atoms with Crippen LogP contribution in [0.5, 0.6) is 0 Å². The Kier molecular flexibility index (Phi) is 1.58. The summed E-state index contributed by atoms with van der Waals surface area (Å²) in [5, 5.41) is 0. The van der Waals surface area contributed by atoms with Crippen molar-refractivity contribution < 1.29 is 11.6 Å². The van der Waals surface area contributed by atoms with Gasteiger partial charge >= 0.3 is 0 Å². The second-order valence-electron chi connectivity index (χ2n) is 2.64. The Morgan fingerprint density at radius 2 is 2.00 bits per heavy atom. The van der Waals surface area contributed by atoms with E-state index in [0.29, 0.717) is 0 Å². The molecule has 0 radical (unpaired) electrons. The summed E-state index contributed by atoms with van der Waals surface area (Å²) < 4.78 is 37.5. The molecule has 1 aromatic rings. The summed E-state index contributed by atoms with van der Waals surface area (Å²) in [5.41, 5.74) is -0.306. The Hall–Kier alpha value is -1.57. The third-order valence-corrected chi connectivity index (χ3v) is 1.27. The second-order valence-corrected chi connectivity index (χ2v) is 2.64. The van der Waals surface area contributed by atoms with Crippen LogP contribution < -0.4 is 0 Å². The van der Waals surface area contributed by atoms with Gasteiger partial charge in [-0.05, 0) is 0 Å². The normalized spacial score (nSPS) is 15.7. The Bertz CT molecular complexity index is 496. The number of allylic oxidation sites excluding steroid dienone is 1. The quantitative estimate of drug-likeness (QED) is 0.523. The number of hydrogen-bond acceptors (Lipinski definition) is 2. The lowest BCUT2D eigenvalue weighted by molar-refractivity contribution is 0.104. The van der Waals surface area contributed by atoms with E-state index in [1.165, 1.54) is 12.3 Å². The molecule has 1 aromatic carbocycles. The van der Waals surface area contributed by atoms with Crippen molar-refractivity contribution in [3.63, 3.8) is 0 Å². The van der Waals surface area contributed by atoms with Gasteiger partial charge in [-0.25, -0.2) is 0 Å². The van der Waals surface area contributed by atoms with Crippen molar-refractivity contribution in [2.45, 2.75) is 0 Å². The summed E-state index contributed by atoms with van der Waals surface area (Å²) in [6, 6.07) is -2.46. The summed E-state index contributed by atoms with van der Waals surface area (Å²) in [4.78, 5) is 13.4. The molecule has 2 heteroatoms. The second kappa shape index (κ2) is 4.45. The van der Waals surface area contributed by atoms with Crippen LogP contribution in [0.1, 0.15) is 17.2 Å². The molecule has 0 spiro atoms. The van der Waals surface area contributed by atoms with Gasteiger partial charge < -0.3 is 4.90 Å². The fourth-order valence-corrected chi connectivity index (χ4v) is 0.673. The number of carbonyl (C=O) groups excluding carboxylic acids is 1. The third kappa shape index (κ3) is 3.11. The lowest BCUT2D eigenvalue weighted by Crippen LogP contribution is -2.02. The predicted octanol–water partition coefficient (Wildman–Crippen LogP) is 1.94. The molecule has 0 unspecified atom stereocenters. The first-order valence-electron chi connectivity index (χ1n) is 6.23. The monoisotopic (exact) mass is 180 g/mol. The highest BCUT2D eigenvalue weighted by Crippen LogP contribution is 2.00. The van der Waals surface area contributed by atoms with Crippen LogP contribution in [0.25, 0.3) is 0 Å². The molecule has 0 aliphatic heterocycles. The van der Waals surface area contributed by atoms with E-state index in [2.05, 4.69) is 0 Å². The molecule has 68 valence electrons. The van der Waals surface area contributed by atoms with Crippen LogP contribution in [0, 0.1) is 0 Å². The van der Waals surface area contributed by atoms with Gasteiger partial charge in [-0.15, -0.1) is 0 Å². The van der Waals surface area contributed by atoms with Gasteiger partial charge in [0.25, 0.3) is 0 Å². The summed E-state index contributed by atoms with van der Waals surface area (Å²) in [5.74, 6) is -0.610. The first-order chi connectivity index (χ1) is 8.27. The van der Waals surface area contributed by atoms with E-state index in [1.54, 1.807) is 19.0 Å². The molecule has 0 aliphatic rings. The minimum Gasteiger partial charge on any atom is -0.383 e. The molecule has 0 aliphatic carbocycles. The van der Waals surface area contributed by atoms with Gasteiger partial charge in [0.05, 0.1) is 6.85 Å². The first kappa shape index (κ1) is 4.61. The summed E-state index contributed by atoms with van der Waals surface area (Å²) >= 11 is 0. The Morgan fingerprint density at radius 1 is 1.38 bits per heavy atom. The number of nitrogens with zero attached hydrogens (tertiary/aromatic N) is 1. The lowest BCUT2D eigenvalue weighted by atomic mass is 10.1. The highest BCUT2D eigenvalue weighted by molar-refractivity contribution is 6.04. The summed E-state index contributed by atoms with van der Waals surface area (Å²) in [7, 11) is 3.43. The zero-order valence-electron chi connectivity index (χ0n) is 12.5. The molecular weight excluding hydrogens is 162 g/mol. The number of benzene rings is 1. The molecule has 0 saturated carbocycles. The summed E-state index contributed by atoms with van der Waals surface area (Å²) in [6.07, 6.45) is 2.64. The summed E-state index contributed by atoms with van der Waals surface area (Å²) in [6.45, 7) is 0. The van der Waals surface area contributed by atoms with Crippen molar-refractivity contribution in [2.75, 3.05) is 14.1 Å². The molecule has 0 heterocycles. The van der Waals surface area contributed by atoms with E-state index >= 15 is 0 Å². The van der Waals surface area contributed by atoms with Crippen molar-refractivity contribution in [3.8, 4) is 0 Å². The predicted molar refractivity (Wildman–Crippen MR) is 53.6 cm³/mol. The fraction of sp³-hybridized carbons (Fsp3) is 0.182. The van der Waals surface area contributed by atoms with E-state index in [1.807, 2.05) is 0 Å². The van der Waals surface area contributed by atoms with Gasteiger partial charge in [0.2, 0.25) is 0 Å². The fourth-order valence-electron chi connectivity index (χ4n) is 0.673. The van der Waals surface area contributed by atoms with Gasteiger partial charge in [-0.2, -0.15) is 0 Å². The van der Waals surface area contributed by atoms with Gasteiger partial charge in [0.15, 0.2) is 5.78 Å². The first-order valence-corrected chi connectivity index (χ1v) is 3.73. The average Bonchev–Trinajstić information content (AvgIpc) is 2.31. The van der Waals surface area contributed by atoms with Gasteiger partial charge in [0, 0.05) is 31.9 Å². The van der Waals surface area contributed by atoms with E-state index in [0.717, 1.165) is 0 Å². The smallest absolute Gasteiger partial charge is 0.187 e. The number of ketones is 1. The van der Waals surface area contributed by atoms with Crippen molar-refractivity contribution in [3.05, 3.63) is 48.1 Å². The van der Waals surface area contributed by atoms with Crippen molar-refractivity contribution >= 4 is 5.78 Å². The zero-order chi connectivity index (χ0) is 14.0. The number of rotatable bonds is 3. The van der Waals surface area contributed by atoms with Gasteiger partial charge in [-0.1, -0.05) is 30.2 Å². The standard InChI is InChI=1S/C11H13NO/c1-12(2)9-8-11(13)10-6-4-3-5-7-10/h3-9H,1-2H3/b9-8-/i3D,4D,5D,6D,7D. The molecule has 2 nitrogen and oxygen atoms in total. The third-order valence-electron chi connectivity index (χ3n) is 1.27. The highest BCUT2D eigenvalue weighted by Gasteiger charge is 1.98. The van der Waals surface area contributed by atoms with Crippen molar-refractivity contribution in [1.29, 1.82) is 0 Å². The molecule has 0 saturated heterocycles. The molecule has 13 heavy (non-hydrogen) atoms. The molecule has 0 fully saturated rings. The molecular formula is C11H13NO. The SMILES string of the molecule is [2H]c1c([2H])c([2H])c(C(=O)/C=C\N(C)C)c([2H])c1[2H]. The maximum Gasteiger partial charge on any atom is 0.187 e. The average molecular weight is 180 g/mol. The van der Waals surface area contributed by atoms with Gasteiger partial charge in [0.1, 0.15) is 0 Å². The maximum absolute atomic E-state index is 11.8. The molecule has 0 amide bonds.